The van der Waals surface area contributed by atoms with E-state index in [0.717, 1.165) is 18.4 Å². The number of hydrogen-bond donors (Lipinski definition) is 0. The lowest BCUT2D eigenvalue weighted by Gasteiger charge is -2.29. The molecule has 1 aliphatic carbocycles. The highest BCUT2D eigenvalue weighted by Gasteiger charge is 2.37. The van der Waals surface area contributed by atoms with Crippen LogP contribution in [-0.2, 0) is 0 Å². The first-order chi connectivity index (χ1) is 10.1. The van der Waals surface area contributed by atoms with Gasteiger partial charge in [-0.15, -0.1) is 11.3 Å². The molecule has 0 N–H and O–H groups in total. The van der Waals surface area contributed by atoms with Crippen LogP contribution < -0.4 is 0 Å². The van der Waals surface area contributed by atoms with Gasteiger partial charge in [-0.3, -0.25) is 4.79 Å². The maximum Gasteiger partial charge on any atom is 0.264 e. The third-order valence-corrected chi connectivity index (χ3v) is 5.20. The Kier molecular flexibility index (Phi) is 4.25. The van der Waals surface area contributed by atoms with Crippen LogP contribution in [-0.4, -0.2) is 16.8 Å². The number of nitrogens with zero attached hydrogens (tertiary/aromatic N) is 1. The van der Waals surface area contributed by atoms with E-state index < -0.39 is 0 Å². The summed E-state index contributed by atoms with van der Waals surface area (Å²) < 4.78 is 0.647. The first-order valence-corrected chi connectivity index (χ1v) is 8.47. The number of halogens is 2. The van der Waals surface area contributed by atoms with Gasteiger partial charge in [0, 0.05) is 11.1 Å². The quantitative estimate of drug-likeness (QED) is 0.728. The van der Waals surface area contributed by atoms with E-state index in [1.165, 1.54) is 11.3 Å². The molecule has 1 heterocycles. The minimum Gasteiger partial charge on any atom is -0.328 e. The number of carbonyl (C=O) groups excluding carboxylic acids is 1. The molecule has 1 aromatic heterocycles. The zero-order chi connectivity index (χ0) is 15.0. The monoisotopic (exact) mass is 339 g/mol. The molecule has 2 aromatic rings. The van der Waals surface area contributed by atoms with Gasteiger partial charge in [-0.2, -0.15) is 0 Å². The van der Waals surface area contributed by atoms with Gasteiger partial charge in [0.1, 0.15) is 0 Å². The maximum absolute atomic E-state index is 12.8. The van der Waals surface area contributed by atoms with E-state index in [1.807, 2.05) is 29.2 Å². The van der Waals surface area contributed by atoms with Crippen molar-refractivity contribution in [1.82, 2.24) is 4.90 Å². The van der Waals surface area contributed by atoms with Crippen LogP contribution in [0.15, 0.2) is 36.4 Å². The maximum atomic E-state index is 12.8. The average molecular weight is 340 g/mol. The molecule has 1 unspecified atom stereocenters. The minimum atomic E-state index is 0.0307. The molecule has 3 rings (SSSR count). The molecule has 1 aromatic carbocycles. The van der Waals surface area contributed by atoms with E-state index in [2.05, 4.69) is 6.92 Å². The number of benzene rings is 1. The summed E-state index contributed by atoms with van der Waals surface area (Å²) in [4.78, 5) is 15.5. The highest BCUT2D eigenvalue weighted by Crippen LogP contribution is 2.37. The van der Waals surface area contributed by atoms with Gasteiger partial charge in [-0.1, -0.05) is 35.3 Å². The summed E-state index contributed by atoms with van der Waals surface area (Å²) in [5.41, 5.74) is 1.10. The second kappa shape index (κ2) is 5.99. The lowest BCUT2D eigenvalue weighted by atomic mass is 10.1. The van der Waals surface area contributed by atoms with Crippen molar-refractivity contribution >= 4 is 40.4 Å². The molecule has 1 fully saturated rings. The Labute approximate surface area is 138 Å². The predicted molar refractivity (Wildman–Crippen MR) is 88.4 cm³/mol. The molecule has 1 saturated carbocycles. The average Bonchev–Trinajstić information content (AvgIpc) is 3.20. The summed E-state index contributed by atoms with van der Waals surface area (Å²) in [5, 5.41) is 0.709. The summed E-state index contributed by atoms with van der Waals surface area (Å²) in [5.74, 6) is 0.0665. The van der Waals surface area contributed by atoms with Gasteiger partial charge in [0.05, 0.1) is 15.3 Å². The van der Waals surface area contributed by atoms with Crippen molar-refractivity contribution in [2.75, 3.05) is 0 Å². The molecular formula is C16H15Cl2NOS. The van der Waals surface area contributed by atoms with E-state index in [4.69, 9.17) is 23.2 Å². The van der Waals surface area contributed by atoms with Gasteiger partial charge in [0.15, 0.2) is 0 Å². The van der Waals surface area contributed by atoms with Gasteiger partial charge in [-0.05, 0) is 49.6 Å². The molecule has 2 nitrogen and oxygen atoms in total. The highest BCUT2D eigenvalue weighted by molar-refractivity contribution is 7.17. The van der Waals surface area contributed by atoms with Crippen LogP contribution >= 0.6 is 34.5 Å². The smallest absolute Gasteiger partial charge is 0.264 e. The fourth-order valence-electron chi connectivity index (χ4n) is 2.47. The number of thiophene rings is 1. The van der Waals surface area contributed by atoms with Gasteiger partial charge in [0.2, 0.25) is 0 Å². The number of hydrogen-bond acceptors (Lipinski definition) is 2. The van der Waals surface area contributed by atoms with Crippen molar-refractivity contribution in [3.8, 4) is 0 Å². The standard InChI is InChI=1S/C16H15Cl2NOS/c1-10(11-2-4-12(17)5-3-11)19(13-6-7-13)16(20)14-8-9-15(18)21-14/h2-5,8-10,13H,6-7H2,1H3. The molecule has 0 saturated heterocycles. The summed E-state index contributed by atoms with van der Waals surface area (Å²) in [6.07, 6.45) is 2.14. The molecule has 1 amide bonds. The third-order valence-electron chi connectivity index (χ3n) is 3.73. The lowest BCUT2D eigenvalue weighted by molar-refractivity contribution is 0.0679. The zero-order valence-electron chi connectivity index (χ0n) is 11.6. The van der Waals surface area contributed by atoms with Crippen LogP contribution in [0, 0.1) is 0 Å². The zero-order valence-corrected chi connectivity index (χ0v) is 13.9. The molecule has 1 aliphatic rings. The predicted octanol–water partition coefficient (Wildman–Crippen LogP) is 5.42. The number of amides is 1. The van der Waals surface area contributed by atoms with Crippen LogP contribution in [0.4, 0.5) is 0 Å². The Bertz CT molecular complexity index is 649. The van der Waals surface area contributed by atoms with Crippen molar-refractivity contribution in [3.63, 3.8) is 0 Å². The Morgan fingerprint density at radius 3 is 2.38 bits per heavy atom. The molecule has 1 atom stereocenters. The fourth-order valence-corrected chi connectivity index (χ4v) is 3.58. The van der Waals surface area contributed by atoms with Crippen molar-refractivity contribution in [3.05, 3.63) is 56.2 Å². The second-order valence-corrected chi connectivity index (χ2v) is 7.43. The van der Waals surface area contributed by atoms with E-state index in [0.29, 0.717) is 20.3 Å². The van der Waals surface area contributed by atoms with Crippen LogP contribution in [0.1, 0.15) is 41.0 Å². The third kappa shape index (κ3) is 3.25. The van der Waals surface area contributed by atoms with E-state index in [-0.39, 0.29) is 11.9 Å². The lowest BCUT2D eigenvalue weighted by Crippen LogP contribution is -2.35. The van der Waals surface area contributed by atoms with Crippen molar-refractivity contribution in [2.24, 2.45) is 0 Å². The SMILES string of the molecule is CC(c1ccc(Cl)cc1)N(C(=O)c1ccc(Cl)s1)C1CC1. The Morgan fingerprint density at radius 2 is 1.86 bits per heavy atom. The molecule has 21 heavy (non-hydrogen) atoms. The molecule has 0 aliphatic heterocycles. The van der Waals surface area contributed by atoms with Gasteiger partial charge < -0.3 is 4.90 Å². The highest BCUT2D eigenvalue weighted by atomic mass is 35.5. The summed E-state index contributed by atoms with van der Waals surface area (Å²) in [6.45, 7) is 2.06. The largest absolute Gasteiger partial charge is 0.328 e. The topological polar surface area (TPSA) is 20.3 Å². The van der Waals surface area contributed by atoms with Crippen LogP contribution in [0.2, 0.25) is 9.36 Å². The van der Waals surface area contributed by atoms with E-state index >= 15 is 0 Å². The van der Waals surface area contributed by atoms with Crippen molar-refractivity contribution in [1.29, 1.82) is 0 Å². The normalized spacial score (nSPS) is 15.8. The Morgan fingerprint density at radius 1 is 1.19 bits per heavy atom. The van der Waals surface area contributed by atoms with E-state index in [9.17, 15) is 4.79 Å². The summed E-state index contributed by atoms with van der Waals surface area (Å²) in [7, 11) is 0. The molecule has 5 heteroatoms. The van der Waals surface area contributed by atoms with Gasteiger partial charge in [-0.25, -0.2) is 0 Å². The Balaban J connectivity index is 1.87. The van der Waals surface area contributed by atoms with Crippen LogP contribution in [0.25, 0.3) is 0 Å². The fraction of sp³-hybridized carbons (Fsp3) is 0.312. The molecule has 110 valence electrons. The van der Waals surface area contributed by atoms with Crippen LogP contribution in [0.5, 0.6) is 0 Å². The molecule has 0 radical (unpaired) electrons. The van der Waals surface area contributed by atoms with Crippen molar-refractivity contribution < 1.29 is 4.79 Å². The molecular weight excluding hydrogens is 325 g/mol. The minimum absolute atomic E-state index is 0.0307. The second-order valence-electron chi connectivity index (χ2n) is 5.27. The number of carbonyl (C=O) groups is 1. The van der Waals surface area contributed by atoms with Gasteiger partial charge in [0.25, 0.3) is 5.91 Å². The Hall–Kier alpha value is -1.03. The molecule has 0 bridgehead atoms. The first kappa shape index (κ1) is 14.9. The summed E-state index contributed by atoms with van der Waals surface area (Å²) >= 11 is 13.2. The van der Waals surface area contributed by atoms with Gasteiger partial charge >= 0.3 is 0 Å². The molecule has 0 spiro atoms. The first-order valence-electron chi connectivity index (χ1n) is 6.89. The van der Waals surface area contributed by atoms with E-state index in [1.54, 1.807) is 12.1 Å². The van der Waals surface area contributed by atoms with Crippen molar-refractivity contribution in [2.45, 2.75) is 31.8 Å². The summed E-state index contributed by atoms with van der Waals surface area (Å²) in [6, 6.07) is 11.6. The number of rotatable bonds is 4. The van der Waals surface area contributed by atoms with Crippen LogP contribution in [0.3, 0.4) is 0 Å².